The van der Waals surface area contributed by atoms with Crippen molar-refractivity contribution in [2.75, 3.05) is 5.32 Å². The van der Waals surface area contributed by atoms with Crippen LogP contribution in [0.15, 0.2) is 41.3 Å². The second-order valence-electron chi connectivity index (χ2n) is 10.5. The number of ether oxygens (including phenoxy) is 1. The van der Waals surface area contributed by atoms with Crippen LogP contribution in [0.2, 0.25) is 0 Å². The van der Waals surface area contributed by atoms with Crippen molar-refractivity contribution in [3.8, 4) is 17.3 Å². The Balaban J connectivity index is 1.82. The number of carbonyl (C=O) groups is 2. The predicted molar refractivity (Wildman–Crippen MR) is 152 cm³/mol. The molecular formula is C29H36N4O6S. The molecule has 40 heavy (non-hydrogen) atoms. The Kier molecular flexibility index (Phi) is 8.65. The minimum absolute atomic E-state index is 0.0267. The number of nitrogens with zero attached hydrogens (tertiary/aromatic N) is 2. The molecule has 0 bridgehead atoms. The Morgan fingerprint density at radius 1 is 1.12 bits per heavy atom. The number of amides is 1. The summed E-state index contributed by atoms with van der Waals surface area (Å²) in [6.07, 6.45) is 4.17. The number of carboxylic acid groups (broad SMARTS) is 1. The van der Waals surface area contributed by atoms with Crippen LogP contribution in [0.5, 0.6) is 11.6 Å². The Morgan fingerprint density at radius 2 is 1.82 bits per heavy atom. The van der Waals surface area contributed by atoms with Gasteiger partial charge in [0, 0.05) is 23.2 Å². The number of anilines is 1. The van der Waals surface area contributed by atoms with Crippen LogP contribution in [-0.4, -0.2) is 41.2 Å². The molecular weight excluding hydrogens is 532 g/mol. The Morgan fingerprint density at radius 3 is 2.48 bits per heavy atom. The summed E-state index contributed by atoms with van der Waals surface area (Å²) >= 11 is 0. The molecule has 3 aromatic rings. The van der Waals surface area contributed by atoms with Crippen LogP contribution in [0, 0.1) is 26.7 Å². The van der Waals surface area contributed by atoms with Gasteiger partial charge in [0.15, 0.2) is 5.69 Å². The molecule has 11 heteroatoms. The second kappa shape index (κ2) is 11.8. The molecule has 0 aliphatic heterocycles. The van der Waals surface area contributed by atoms with Gasteiger partial charge in [0.25, 0.3) is 0 Å². The number of carboxylic acids is 1. The molecule has 1 fully saturated rings. The van der Waals surface area contributed by atoms with E-state index < -0.39 is 16.0 Å². The van der Waals surface area contributed by atoms with Gasteiger partial charge in [-0.2, -0.15) is 9.78 Å². The summed E-state index contributed by atoms with van der Waals surface area (Å²) in [7, 11) is -4.09. The van der Waals surface area contributed by atoms with Gasteiger partial charge in [0.1, 0.15) is 10.6 Å². The molecule has 2 aromatic carbocycles. The predicted octanol–water partition coefficient (Wildman–Crippen LogP) is 5.49. The molecule has 1 aromatic heterocycles. The topological polar surface area (TPSA) is 140 Å². The smallest absolute Gasteiger partial charge is 0.356 e. The largest absolute Gasteiger partial charge is 0.476 e. The number of aryl methyl sites for hydroxylation is 2. The molecule has 4 rings (SSSR count). The first-order chi connectivity index (χ1) is 18.9. The van der Waals surface area contributed by atoms with Crippen molar-refractivity contribution in [1.82, 2.24) is 14.5 Å². The van der Waals surface area contributed by atoms with Crippen molar-refractivity contribution < 1.29 is 27.9 Å². The van der Waals surface area contributed by atoms with E-state index in [9.17, 15) is 23.1 Å². The average Bonchev–Trinajstić information content (AvgIpc) is 3.55. The second-order valence-corrected chi connectivity index (χ2v) is 12.1. The van der Waals surface area contributed by atoms with Gasteiger partial charge in [0.05, 0.1) is 5.69 Å². The molecule has 1 heterocycles. The number of rotatable bonds is 10. The molecule has 0 saturated heterocycles. The van der Waals surface area contributed by atoms with Gasteiger partial charge in [-0.1, -0.05) is 31.9 Å². The Bertz CT molecular complexity index is 1540. The third-order valence-electron chi connectivity index (χ3n) is 7.27. The summed E-state index contributed by atoms with van der Waals surface area (Å²) < 4.78 is 37.3. The number of aromatic nitrogens is 2. The van der Waals surface area contributed by atoms with Crippen molar-refractivity contribution >= 4 is 27.6 Å². The van der Waals surface area contributed by atoms with E-state index in [1.807, 2.05) is 39.0 Å². The number of aromatic carboxylic acids is 1. The van der Waals surface area contributed by atoms with Gasteiger partial charge >= 0.3 is 5.97 Å². The van der Waals surface area contributed by atoms with Crippen molar-refractivity contribution in [3.63, 3.8) is 0 Å². The number of carbonyl (C=O) groups excluding carboxylic acids is 1. The zero-order chi connectivity index (χ0) is 29.2. The number of benzene rings is 2. The molecule has 214 valence electrons. The van der Waals surface area contributed by atoms with Gasteiger partial charge in [-0.3, -0.25) is 4.79 Å². The first-order valence-corrected chi connectivity index (χ1v) is 14.9. The van der Waals surface area contributed by atoms with E-state index in [1.54, 1.807) is 19.9 Å². The summed E-state index contributed by atoms with van der Waals surface area (Å²) in [6.45, 7) is 8.95. The maximum absolute atomic E-state index is 13.5. The van der Waals surface area contributed by atoms with Crippen LogP contribution in [0.1, 0.15) is 73.1 Å². The lowest BCUT2D eigenvalue weighted by Crippen LogP contribution is -2.32. The van der Waals surface area contributed by atoms with Crippen molar-refractivity contribution in [1.29, 1.82) is 0 Å². The molecule has 1 aliphatic carbocycles. The van der Waals surface area contributed by atoms with E-state index in [2.05, 4.69) is 15.1 Å². The SMILES string of the molecule is CCC(C)NS(=O)(=O)c1cc(NC(=O)C2CCCC2)ccc1Oc1c(C)c(C(=O)O)nn1-c1cc(C)ccc1C. The molecule has 1 saturated carbocycles. The molecule has 0 spiro atoms. The average molecular weight is 569 g/mol. The highest BCUT2D eigenvalue weighted by Gasteiger charge is 2.28. The molecule has 10 nitrogen and oxygen atoms in total. The quantitative estimate of drug-likeness (QED) is 0.294. The van der Waals surface area contributed by atoms with E-state index in [-0.39, 0.29) is 45.6 Å². The summed E-state index contributed by atoms with van der Waals surface area (Å²) in [5.74, 6) is -1.42. The lowest BCUT2D eigenvalue weighted by molar-refractivity contribution is -0.119. The number of hydrogen-bond acceptors (Lipinski definition) is 6. The van der Waals surface area contributed by atoms with Crippen molar-refractivity contribution in [2.24, 2.45) is 5.92 Å². The van der Waals surface area contributed by atoms with Crippen LogP contribution in [0.25, 0.3) is 5.69 Å². The third-order valence-corrected chi connectivity index (χ3v) is 8.88. The summed E-state index contributed by atoms with van der Waals surface area (Å²) in [6, 6.07) is 9.74. The van der Waals surface area contributed by atoms with E-state index >= 15 is 0 Å². The molecule has 1 aliphatic rings. The van der Waals surface area contributed by atoms with E-state index in [0.717, 1.165) is 36.8 Å². The fourth-order valence-electron chi connectivity index (χ4n) is 4.74. The lowest BCUT2D eigenvalue weighted by atomic mass is 10.1. The maximum atomic E-state index is 13.5. The number of nitrogens with one attached hydrogen (secondary N) is 2. The highest BCUT2D eigenvalue weighted by Crippen LogP contribution is 2.36. The summed E-state index contributed by atoms with van der Waals surface area (Å²) in [5, 5.41) is 16.9. The van der Waals surface area contributed by atoms with E-state index in [4.69, 9.17) is 4.74 Å². The normalized spacial score (nSPS) is 14.7. The van der Waals surface area contributed by atoms with Gasteiger partial charge in [0.2, 0.25) is 21.8 Å². The van der Waals surface area contributed by atoms with Crippen LogP contribution >= 0.6 is 0 Å². The third kappa shape index (κ3) is 6.20. The lowest BCUT2D eigenvalue weighted by Gasteiger charge is -2.18. The van der Waals surface area contributed by atoms with Crippen molar-refractivity contribution in [2.45, 2.75) is 77.7 Å². The highest BCUT2D eigenvalue weighted by molar-refractivity contribution is 7.89. The van der Waals surface area contributed by atoms with Gasteiger partial charge in [-0.15, -0.1) is 0 Å². The van der Waals surface area contributed by atoms with Gasteiger partial charge in [-0.25, -0.2) is 17.9 Å². The van der Waals surface area contributed by atoms with Crippen LogP contribution in [0.4, 0.5) is 5.69 Å². The van der Waals surface area contributed by atoms with Crippen molar-refractivity contribution in [3.05, 3.63) is 58.8 Å². The van der Waals surface area contributed by atoms with Crippen LogP contribution in [-0.2, 0) is 14.8 Å². The number of sulfonamides is 1. The molecule has 3 N–H and O–H groups in total. The van der Waals surface area contributed by atoms with Gasteiger partial charge < -0.3 is 15.2 Å². The van der Waals surface area contributed by atoms with Crippen LogP contribution in [0.3, 0.4) is 0 Å². The Hall–Kier alpha value is -3.70. The minimum Gasteiger partial charge on any atom is -0.476 e. The molecule has 0 radical (unpaired) electrons. The fraction of sp³-hybridized carbons (Fsp3) is 0.414. The standard InChI is InChI=1S/C29H36N4O6S/c1-6-19(4)32-40(37,38)25-16-22(30-27(34)21-9-7-8-10-21)13-14-24(25)39-28-20(5)26(29(35)36)31-33(28)23-15-17(2)11-12-18(23)3/h11-16,19,21,32H,6-10H2,1-5H3,(H,30,34)(H,35,36). The summed E-state index contributed by atoms with van der Waals surface area (Å²) in [4.78, 5) is 24.6. The maximum Gasteiger partial charge on any atom is 0.356 e. The first kappa shape index (κ1) is 29.3. The minimum atomic E-state index is -4.09. The molecule has 1 amide bonds. The highest BCUT2D eigenvalue weighted by atomic mass is 32.2. The summed E-state index contributed by atoms with van der Waals surface area (Å²) in [5.41, 5.74) is 2.72. The molecule has 1 atom stereocenters. The van der Waals surface area contributed by atoms with E-state index in [0.29, 0.717) is 17.8 Å². The number of hydrogen-bond donors (Lipinski definition) is 3. The zero-order valence-electron chi connectivity index (χ0n) is 23.4. The molecule has 1 unspecified atom stereocenters. The zero-order valence-corrected chi connectivity index (χ0v) is 24.3. The monoisotopic (exact) mass is 568 g/mol. The first-order valence-electron chi connectivity index (χ1n) is 13.5. The fourth-order valence-corrected chi connectivity index (χ4v) is 6.22. The van der Waals surface area contributed by atoms with Gasteiger partial charge in [-0.05, 0) is 82.3 Å². The Labute approximate surface area is 234 Å². The van der Waals surface area contributed by atoms with Crippen LogP contribution < -0.4 is 14.8 Å². The van der Waals surface area contributed by atoms with E-state index in [1.165, 1.54) is 16.8 Å².